The smallest absolute Gasteiger partial charge is 0.261 e. The Balaban J connectivity index is 1.40. The molecule has 0 fully saturated rings. The Morgan fingerprint density at radius 1 is 1.04 bits per heavy atom. The molecule has 0 bridgehead atoms. The van der Waals surface area contributed by atoms with E-state index < -0.39 is 0 Å². The first-order valence-electron chi connectivity index (χ1n) is 8.20. The fourth-order valence-corrected chi connectivity index (χ4v) is 4.10. The summed E-state index contributed by atoms with van der Waals surface area (Å²) in [7, 11) is 0. The number of hydrogen-bond acceptors (Lipinski definition) is 3. The SMILES string of the molecule is O=C(NCc1ccc(Cn2cnc3ccccc32)cc1)c1ccc(Br)s1. The van der Waals surface area contributed by atoms with Crippen molar-refractivity contribution >= 4 is 44.2 Å². The van der Waals surface area contributed by atoms with Gasteiger partial charge in [0.1, 0.15) is 0 Å². The molecule has 1 N–H and O–H groups in total. The third kappa shape index (κ3) is 3.71. The Bertz CT molecular complexity index is 1050. The molecule has 0 aliphatic heterocycles. The van der Waals surface area contributed by atoms with E-state index in [2.05, 4.69) is 61.1 Å². The van der Waals surface area contributed by atoms with Crippen molar-refractivity contribution in [3.8, 4) is 0 Å². The molecule has 0 unspecified atom stereocenters. The van der Waals surface area contributed by atoms with Crippen molar-refractivity contribution in [2.45, 2.75) is 13.1 Å². The van der Waals surface area contributed by atoms with E-state index in [4.69, 9.17) is 0 Å². The molecule has 0 saturated carbocycles. The Hall–Kier alpha value is -2.44. The van der Waals surface area contributed by atoms with E-state index in [1.165, 1.54) is 16.9 Å². The molecular formula is C20H16BrN3OS. The highest BCUT2D eigenvalue weighted by atomic mass is 79.9. The Morgan fingerprint density at radius 3 is 2.58 bits per heavy atom. The summed E-state index contributed by atoms with van der Waals surface area (Å²) >= 11 is 4.81. The summed E-state index contributed by atoms with van der Waals surface area (Å²) in [6, 6.07) is 20.1. The van der Waals surface area contributed by atoms with Crippen LogP contribution in [-0.4, -0.2) is 15.5 Å². The minimum atomic E-state index is -0.0466. The maximum Gasteiger partial charge on any atom is 0.261 e. The lowest BCUT2D eigenvalue weighted by atomic mass is 10.1. The topological polar surface area (TPSA) is 46.9 Å². The second kappa shape index (κ2) is 7.43. The van der Waals surface area contributed by atoms with Crippen molar-refractivity contribution in [2.75, 3.05) is 0 Å². The average molecular weight is 426 g/mol. The van der Waals surface area contributed by atoms with E-state index in [9.17, 15) is 4.79 Å². The Morgan fingerprint density at radius 2 is 1.81 bits per heavy atom. The molecule has 4 rings (SSSR count). The van der Waals surface area contributed by atoms with Crippen LogP contribution in [0.3, 0.4) is 0 Å². The molecule has 26 heavy (non-hydrogen) atoms. The maximum absolute atomic E-state index is 12.1. The van der Waals surface area contributed by atoms with Crippen LogP contribution in [-0.2, 0) is 13.1 Å². The summed E-state index contributed by atoms with van der Waals surface area (Å²) in [6.07, 6.45) is 1.87. The third-order valence-corrected chi connectivity index (χ3v) is 5.78. The fourth-order valence-electron chi connectivity index (χ4n) is 2.80. The van der Waals surface area contributed by atoms with Crippen LogP contribution in [0.2, 0.25) is 0 Å². The van der Waals surface area contributed by atoms with Crippen LogP contribution >= 0.6 is 27.3 Å². The average Bonchev–Trinajstić information content (AvgIpc) is 3.28. The monoisotopic (exact) mass is 425 g/mol. The number of benzene rings is 2. The first kappa shape index (κ1) is 17.0. The second-order valence-electron chi connectivity index (χ2n) is 5.96. The van der Waals surface area contributed by atoms with Crippen molar-refractivity contribution in [1.29, 1.82) is 0 Å². The van der Waals surface area contributed by atoms with Gasteiger partial charge in [0.05, 0.1) is 26.0 Å². The molecule has 4 nitrogen and oxygen atoms in total. The number of nitrogens with one attached hydrogen (secondary N) is 1. The molecule has 2 aromatic heterocycles. The van der Waals surface area contributed by atoms with Crippen LogP contribution in [0.1, 0.15) is 20.8 Å². The molecular weight excluding hydrogens is 410 g/mol. The number of thiophene rings is 1. The van der Waals surface area contributed by atoms with Gasteiger partial charge in [0.25, 0.3) is 5.91 Å². The van der Waals surface area contributed by atoms with Gasteiger partial charge >= 0.3 is 0 Å². The number of amides is 1. The third-order valence-electron chi connectivity index (χ3n) is 4.15. The highest BCUT2D eigenvalue weighted by molar-refractivity contribution is 9.11. The number of para-hydroxylation sites is 2. The molecule has 0 atom stereocenters. The fraction of sp³-hybridized carbons (Fsp3) is 0.100. The zero-order valence-electron chi connectivity index (χ0n) is 13.9. The lowest BCUT2D eigenvalue weighted by Crippen LogP contribution is -2.21. The largest absolute Gasteiger partial charge is 0.347 e. The molecule has 4 aromatic rings. The number of hydrogen-bond donors (Lipinski definition) is 1. The molecule has 130 valence electrons. The van der Waals surface area contributed by atoms with Crippen LogP contribution in [0.4, 0.5) is 0 Å². The molecule has 6 heteroatoms. The zero-order chi connectivity index (χ0) is 17.9. The minimum absolute atomic E-state index is 0.0466. The van der Waals surface area contributed by atoms with Crippen molar-refractivity contribution in [1.82, 2.24) is 14.9 Å². The van der Waals surface area contributed by atoms with Crippen LogP contribution in [0.25, 0.3) is 11.0 Å². The van der Waals surface area contributed by atoms with Crippen molar-refractivity contribution < 1.29 is 4.79 Å². The molecule has 0 aliphatic carbocycles. The van der Waals surface area contributed by atoms with Gasteiger partial charge in [-0.05, 0) is 51.3 Å². The number of imidazole rings is 1. The standard InChI is InChI=1S/C20H16BrN3OS/c21-19-10-9-18(26-19)20(25)22-11-14-5-7-15(8-6-14)12-24-13-23-16-3-1-2-4-17(16)24/h1-10,13H,11-12H2,(H,22,25). The minimum Gasteiger partial charge on any atom is -0.347 e. The zero-order valence-corrected chi connectivity index (χ0v) is 16.3. The van der Waals surface area contributed by atoms with Crippen LogP contribution in [0, 0.1) is 0 Å². The van der Waals surface area contributed by atoms with Crippen LogP contribution in [0.5, 0.6) is 0 Å². The predicted octanol–water partition coefficient (Wildman–Crippen LogP) is 4.84. The quantitative estimate of drug-likeness (QED) is 0.497. The highest BCUT2D eigenvalue weighted by Gasteiger charge is 2.08. The van der Waals surface area contributed by atoms with Gasteiger partial charge in [0.15, 0.2) is 0 Å². The first-order valence-corrected chi connectivity index (χ1v) is 9.81. The normalized spacial score (nSPS) is 11.0. The van der Waals surface area contributed by atoms with E-state index in [1.807, 2.05) is 36.7 Å². The van der Waals surface area contributed by atoms with Crippen molar-refractivity contribution in [3.05, 3.63) is 86.8 Å². The van der Waals surface area contributed by atoms with Crippen molar-refractivity contribution in [2.24, 2.45) is 0 Å². The van der Waals surface area contributed by atoms with Gasteiger partial charge in [-0.2, -0.15) is 0 Å². The number of halogens is 1. The van der Waals surface area contributed by atoms with E-state index in [1.54, 1.807) is 0 Å². The summed E-state index contributed by atoms with van der Waals surface area (Å²) in [4.78, 5) is 17.2. The summed E-state index contributed by atoms with van der Waals surface area (Å²) in [5, 5.41) is 2.95. The molecule has 0 saturated heterocycles. The number of rotatable bonds is 5. The summed E-state index contributed by atoms with van der Waals surface area (Å²) < 4.78 is 3.10. The van der Waals surface area contributed by atoms with Gasteiger partial charge in [0, 0.05) is 13.1 Å². The van der Waals surface area contributed by atoms with E-state index in [0.717, 1.165) is 26.9 Å². The predicted molar refractivity (Wildman–Crippen MR) is 108 cm³/mol. The summed E-state index contributed by atoms with van der Waals surface area (Å²) in [6.45, 7) is 1.29. The van der Waals surface area contributed by atoms with Gasteiger partial charge < -0.3 is 9.88 Å². The van der Waals surface area contributed by atoms with Crippen LogP contribution < -0.4 is 5.32 Å². The maximum atomic E-state index is 12.1. The lowest BCUT2D eigenvalue weighted by Gasteiger charge is -2.07. The number of carbonyl (C=O) groups excluding carboxylic acids is 1. The van der Waals surface area contributed by atoms with Crippen LogP contribution in [0.15, 0.2) is 70.8 Å². The molecule has 2 aromatic carbocycles. The van der Waals surface area contributed by atoms with E-state index in [-0.39, 0.29) is 5.91 Å². The summed E-state index contributed by atoms with van der Waals surface area (Å²) in [5.74, 6) is -0.0466. The first-order chi connectivity index (χ1) is 12.7. The van der Waals surface area contributed by atoms with Gasteiger partial charge in [-0.25, -0.2) is 4.98 Å². The molecule has 0 radical (unpaired) electrons. The number of aromatic nitrogens is 2. The second-order valence-corrected chi connectivity index (χ2v) is 8.43. The Labute approximate surface area is 163 Å². The molecule has 0 aliphatic rings. The molecule has 0 spiro atoms. The number of nitrogens with zero attached hydrogens (tertiary/aromatic N) is 2. The summed E-state index contributed by atoms with van der Waals surface area (Å²) in [5.41, 5.74) is 4.41. The molecule has 2 heterocycles. The van der Waals surface area contributed by atoms with E-state index in [0.29, 0.717) is 11.4 Å². The van der Waals surface area contributed by atoms with Gasteiger partial charge in [-0.15, -0.1) is 11.3 Å². The van der Waals surface area contributed by atoms with Crippen molar-refractivity contribution in [3.63, 3.8) is 0 Å². The molecule has 1 amide bonds. The van der Waals surface area contributed by atoms with E-state index >= 15 is 0 Å². The highest BCUT2D eigenvalue weighted by Crippen LogP contribution is 2.22. The number of carbonyl (C=O) groups is 1. The van der Waals surface area contributed by atoms with Gasteiger partial charge in [0.2, 0.25) is 0 Å². The van der Waals surface area contributed by atoms with Gasteiger partial charge in [-0.3, -0.25) is 4.79 Å². The number of fused-ring (bicyclic) bond motifs is 1. The van der Waals surface area contributed by atoms with Gasteiger partial charge in [-0.1, -0.05) is 36.4 Å². The lowest BCUT2D eigenvalue weighted by molar-refractivity contribution is 0.0955. The Kier molecular flexibility index (Phi) is 4.86.